The lowest BCUT2D eigenvalue weighted by Gasteiger charge is -2.24. The van der Waals surface area contributed by atoms with Crippen molar-refractivity contribution in [2.75, 3.05) is 19.1 Å². The molecule has 0 bridgehead atoms. The highest BCUT2D eigenvalue weighted by atomic mass is 32.1. The molecule has 1 N–H and O–H groups in total. The minimum atomic E-state index is -0.997. The molecule has 10 heteroatoms. The number of amides is 1. The first-order valence-electron chi connectivity index (χ1n) is 14.7. The number of methoxy groups -OCH3 is 2. The zero-order valence-electron chi connectivity index (χ0n) is 25.4. The van der Waals surface area contributed by atoms with Gasteiger partial charge in [-0.05, 0) is 72.1 Å². The van der Waals surface area contributed by atoms with Crippen LogP contribution in [0.15, 0.2) is 90.5 Å². The van der Waals surface area contributed by atoms with Gasteiger partial charge < -0.3 is 24.1 Å². The van der Waals surface area contributed by atoms with Crippen LogP contribution < -0.4 is 23.8 Å². The molecule has 1 amide bonds. The minimum absolute atomic E-state index is 0.00530. The quantitative estimate of drug-likeness (QED) is 0.112. The number of thiazole rings is 1. The number of hydrogen-bond acceptors (Lipinski definition) is 9. The fourth-order valence-electron chi connectivity index (χ4n) is 5.90. The van der Waals surface area contributed by atoms with Crippen LogP contribution in [0.4, 0.5) is 5.13 Å². The molecule has 0 aliphatic carbocycles. The van der Waals surface area contributed by atoms with Crippen LogP contribution in [0.3, 0.4) is 0 Å². The molecule has 1 saturated heterocycles. The molecule has 0 unspecified atom stereocenters. The van der Waals surface area contributed by atoms with Crippen LogP contribution in [0.5, 0.6) is 23.0 Å². The third kappa shape index (κ3) is 5.20. The number of anilines is 1. The normalized spacial score (nSPS) is 18.5. The maximum atomic E-state index is 13.8. The van der Waals surface area contributed by atoms with Gasteiger partial charge in [0.2, 0.25) is 0 Å². The number of aliphatic hydroxyl groups excluding tert-OH is 1. The van der Waals surface area contributed by atoms with Gasteiger partial charge in [-0.2, -0.15) is 0 Å². The van der Waals surface area contributed by atoms with E-state index in [0.717, 1.165) is 21.6 Å². The average molecular weight is 635 g/mol. The second kappa shape index (κ2) is 11.9. The molecule has 7 rings (SSSR count). The van der Waals surface area contributed by atoms with Crippen LogP contribution >= 0.6 is 11.3 Å². The molecule has 5 aromatic rings. The number of carbonyl (C=O) groups is 2. The molecule has 1 fully saturated rings. The van der Waals surface area contributed by atoms with Crippen LogP contribution in [0.2, 0.25) is 0 Å². The Morgan fingerprint density at radius 1 is 0.978 bits per heavy atom. The molecular weight excluding hydrogens is 604 g/mol. The number of ketones is 1. The Kier molecular flexibility index (Phi) is 7.58. The van der Waals surface area contributed by atoms with Gasteiger partial charge in [0.15, 0.2) is 16.6 Å². The lowest BCUT2D eigenvalue weighted by atomic mass is 9.94. The molecule has 3 heterocycles. The lowest BCUT2D eigenvalue weighted by Crippen LogP contribution is -2.29. The number of Topliss-reactive ketones (excluding diaryl/α,β-unsaturated/α-hetero) is 1. The lowest BCUT2D eigenvalue weighted by molar-refractivity contribution is -0.132. The number of fused-ring (bicyclic) bond motifs is 2. The van der Waals surface area contributed by atoms with Crippen molar-refractivity contribution in [2.24, 2.45) is 0 Å². The van der Waals surface area contributed by atoms with E-state index < -0.39 is 17.7 Å². The molecule has 232 valence electrons. The SMILES string of the molecule is COc1ccc2nc(N3C(=O)C(=O)C(=C(O)c4ccc5c(c4)C[C@H](C)O5)[C@@H]3c3ccc(OCc4ccccc4)c(OC)c3)sc2c1. The number of carbonyl (C=O) groups excluding carboxylic acids is 2. The smallest absolute Gasteiger partial charge is 0.301 e. The fraction of sp³-hybridized carbons (Fsp3) is 0.194. The van der Waals surface area contributed by atoms with Crippen molar-refractivity contribution in [3.63, 3.8) is 0 Å². The summed E-state index contributed by atoms with van der Waals surface area (Å²) in [5, 5.41) is 12.1. The predicted octanol–water partition coefficient (Wildman–Crippen LogP) is 6.84. The van der Waals surface area contributed by atoms with Gasteiger partial charge in [0.25, 0.3) is 5.78 Å². The van der Waals surface area contributed by atoms with Crippen LogP contribution in [-0.4, -0.2) is 42.1 Å². The standard InChI is InChI=1S/C36H30N2O7S/c1-20-15-24-16-23(10-13-27(24)45-20)33(39)31-32(22-9-14-28(29(17-22)43-3)44-19-21-7-5-4-6-8-21)38(35(41)34(31)40)36-37-26-12-11-25(42-2)18-30(26)46-36/h4-14,16-18,20,32,39H,15,19H2,1-3H3/t20-,32-/m0/s1. The number of hydrogen-bond donors (Lipinski definition) is 1. The van der Waals surface area contributed by atoms with E-state index in [0.29, 0.717) is 52.1 Å². The minimum Gasteiger partial charge on any atom is -0.507 e. The maximum Gasteiger partial charge on any atom is 0.301 e. The summed E-state index contributed by atoms with van der Waals surface area (Å²) in [6.07, 6.45) is 0.677. The Morgan fingerprint density at radius 3 is 2.59 bits per heavy atom. The number of rotatable bonds is 8. The summed E-state index contributed by atoms with van der Waals surface area (Å²) in [6, 6.07) is 24.7. The van der Waals surface area contributed by atoms with E-state index in [2.05, 4.69) is 0 Å². The molecule has 0 saturated carbocycles. The second-order valence-electron chi connectivity index (χ2n) is 11.1. The molecular formula is C36H30N2O7S. The van der Waals surface area contributed by atoms with Gasteiger partial charge in [-0.1, -0.05) is 47.7 Å². The highest BCUT2D eigenvalue weighted by Gasteiger charge is 2.48. The van der Waals surface area contributed by atoms with Gasteiger partial charge in [-0.15, -0.1) is 0 Å². The van der Waals surface area contributed by atoms with Gasteiger partial charge >= 0.3 is 5.91 Å². The van der Waals surface area contributed by atoms with Gasteiger partial charge in [0.1, 0.15) is 30.0 Å². The summed E-state index contributed by atoms with van der Waals surface area (Å²) < 4.78 is 23.8. The van der Waals surface area contributed by atoms with Crippen LogP contribution in [0.25, 0.3) is 16.0 Å². The first-order valence-corrected chi connectivity index (χ1v) is 15.6. The van der Waals surface area contributed by atoms with E-state index in [1.165, 1.54) is 23.3 Å². The highest BCUT2D eigenvalue weighted by Crippen LogP contribution is 2.46. The zero-order chi connectivity index (χ0) is 31.9. The van der Waals surface area contributed by atoms with Crippen molar-refractivity contribution in [3.05, 3.63) is 113 Å². The molecule has 2 aliphatic rings. The largest absolute Gasteiger partial charge is 0.507 e. The summed E-state index contributed by atoms with van der Waals surface area (Å²) >= 11 is 1.26. The first-order chi connectivity index (χ1) is 22.3. The van der Waals surface area contributed by atoms with E-state index in [9.17, 15) is 14.7 Å². The van der Waals surface area contributed by atoms with E-state index in [-0.39, 0.29) is 17.4 Å². The summed E-state index contributed by atoms with van der Waals surface area (Å²) in [6.45, 7) is 2.30. The summed E-state index contributed by atoms with van der Waals surface area (Å²) in [4.78, 5) is 33.7. The van der Waals surface area contributed by atoms with Crippen LogP contribution in [0.1, 0.15) is 35.2 Å². The first kappa shape index (κ1) is 29.4. The van der Waals surface area contributed by atoms with Crippen molar-refractivity contribution in [1.82, 2.24) is 4.98 Å². The molecule has 1 aromatic heterocycles. The van der Waals surface area contributed by atoms with Crippen molar-refractivity contribution in [2.45, 2.75) is 32.1 Å². The predicted molar refractivity (Wildman–Crippen MR) is 175 cm³/mol. The Labute approximate surface area is 269 Å². The molecule has 46 heavy (non-hydrogen) atoms. The maximum absolute atomic E-state index is 13.8. The third-order valence-electron chi connectivity index (χ3n) is 8.14. The topological polar surface area (TPSA) is 107 Å². The van der Waals surface area contributed by atoms with Crippen molar-refractivity contribution in [3.8, 4) is 23.0 Å². The molecule has 9 nitrogen and oxygen atoms in total. The van der Waals surface area contributed by atoms with E-state index >= 15 is 0 Å². The molecule has 0 spiro atoms. The van der Waals surface area contributed by atoms with Crippen molar-refractivity contribution < 1.29 is 33.6 Å². The number of nitrogens with zero attached hydrogens (tertiary/aromatic N) is 2. The highest BCUT2D eigenvalue weighted by molar-refractivity contribution is 7.22. The van der Waals surface area contributed by atoms with E-state index in [1.54, 1.807) is 49.6 Å². The summed E-state index contributed by atoms with van der Waals surface area (Å²) in [7, 11) is 3.11. The number of aromatic nitrogens is 1. The number of ether oxygens (including phenoxy) is 4. The zero-order valence-corrected chi connectivity index (χ0v) is 26.2. The summed E-state index contributed by atoms with van der Waals surface area (Å²) in [5.74, 6) is 0.406. The van der Waals surface area contributed by atoms with Crippen molar-refractivity contribution in [1.29, 1.82) is 0 Å². The number of aliphatic hydroxyl groups is 1. The Balaban J connectivity index is 1.35. The van der Waals surface area contributed by atoms with Gasteiger partial charge in [0, 0.05) is 12.0 Å². The molecule has 2 atom stereocenters. The van der Waals surface area contributed by atoms with Gasteiger partial charge in [-0.3, -0.25) is 14.5 Å². The van der Waals surface area contributed by atoms with E-state index in [1.807, 2.05) is 49.4 Å². The average Bonchev–Trinajstić information content (AvgIpc) is 3.75. The Morgan fingerprint density at radius 2 is 1.80 bits per heavy atom. The molecule has 4 aromatic carbocycles. The second-order valence-corrected chi connectivity index (χ2v) is 12.1. The van der Waals surface area contributed by atoms with Gasteiger partial charge in [-0.25, -0.2) is 4.98 Å². The van der Waals surface area contributed by atoms with E-state index in [4.69, 9.17) is 23.9 Å². The fourth-order valence-corrected chi connectivity index (χ4v) is 6.92. The van der Waals surface area contributed by atoms with Crippen LogP contribution in [-0.2, 0) is 22.6 Å². The summed E-state index contributed by atoms with van der Waals surface area (Å²) in [5.41, 5.74) is 3.47. The molecule has 0 radical (unpaired) electrons. The Bertz CT molecular complexity index is 2020. The van der Waals surface area contributed by atoms with Crippen LogP contribution in [0, 0.1) is 0 Å². The third-order valence-corrected chi connectivity index (χ3v) is 9.16. The Hall–Kier alpha value is -5.35. The van der Waals surface area contributed by atoms with Gasteiger partial charge in [0.05, 0.1) is 36.1 Å². The monoisotopic (exact) mass is 634 g/mol. The molecule has 2 aliphatic heterocycles. The van der Waals surface area contributed by atoms with Crippen molar-refractivity contribution >= 4 is 44.1 Å². The number of benzene rings is 4.